The predicted molar refractivity (Wildman–Crippen MR) is 70.6 cm³/mol. The van der Waals surface area contributed by atoms with Gasteiger partial charge in [0.25, 0.3) is 10.0 Å². The maximum absolute atomic E-state index is 13.5. The highest BCUT2D eigenvalue weighted by molar-refractivity contribution is 7.92. The van der Waals surface area contributed by atoms with Gasteiger partial charge in [0.2, 0.25) is 0 Å². The highest BCUT2D eigenvalue weighted by Crippen LogP contribution is 2.19. The normalized spacial score (nSPS) is 11.1. The lowest BCUT2D eigenvalue weighted by molar-refractivity contribution is 0.0692. The zero-order valence-corrected chi connectivity index (χ0v) is 11.2. The third kappa shape index (κ3) is 3.34. The van der Waals surface area contributed by atoms with E-state index >= 15 is 0 Å². The van der Waals surface area contributed by atoms with Crippen LogP contribution >= 0.6 is 0 Å². The summed E-state index contributed by atoms with van der Waals surface area (Å²) in [6.07, 6.45) is 0. The minimum Gasteiger partial charge on any atom is -0.478 e. The first-order chi connectivity index (χ1) is 9.79. The van der Waals surface area contributed by atoms with E-state index in [4.69, 9.17) is 5.11 Å². The van der Waals surface area contributed by atoms with Gasteiger partial charge in [-0.3, -0.25) is 4.72 Å². The van der Waals surface area contributed by atoms with Crippen molar-refractivity contribution in [2.24, 2.45) is 0 Å². The van der Waals surface area contributed by atoms with Crippen molar-refractivity contribution in [3.8, 4) is 0 Å². The Hall–Kier alpha value is -2.48. The number of halogens is 2. The van der Waals surface area contributed by atoms with Gasteiger partial charge < -0.3 is 5.11 Å². The molecule has 2 N–H and O–H groups in total. The molecule has 0 aliphatic heterocycles. The van der Waals surface area contributed by atoms with Crippen LogP contribution in [0.3, 0.4) is 0 Å². The number of nitrogens with one attached hydrogen (secondary N) is 1. The Balaban J connectivity index is 2.31. The van der Waals surface area contributed by atoms with Crippen LogP contribution in [0.25, 0.3) is 0 Å². The Labute approximate surface area is 118 Å². The first kappa shape index (κ1) is 14.9. The molecule has 8 heteroatoms. The lowest BCUT2D eigenvalue weighted by atomic mass is 10.2. The summed E-state index contributed by atoms with van der Waals surface area (Å²) in [5.41, 5.74) is -0.707. The summed E-state index contributed by atoms with van der Waals surface area (Å²) in [4.78, 5) is 10.5. The minimum absolute atomic E-state index is 0.137. The van der Waals surface area contributed by atoms with Gasteiger partial charge in [-0.15, -0.1) is 0 Å². The Bertz CT molecular complexity index is 788. The fourth-order valence-electron chi connectivity index (χ4n) is 1.58. The first-order valence-electron chi connectivity index (χ1n) is 5.61. The molecule has 0 fully saturated rings. The number of hydrogen-bond donors (Lipinski definition) is 2. The maximum Gasteiger partial charge on any atom is 0.338 e. The lowest BCUT2D eigenvalue weighted by Crippen LogP contribution is -2.13. The number of carboxylic acid groups (broad SMARTS) is 1. The van der Waals surface area contributed by atoms with Gasteiger partial charge in [0.1, 0.15) is 11.6 Å². The molecule has 110 valence electrons. The van der Waals surface area contributed by atoms with Gasteiger partial charge in [-0.2, -0.15) is 0 Å². The number of benzene rings is 2. The molecule has 5 nitrogen and oxygen atoms in total. The SMILES string of the molecule is O=C(O)c1ccc(NS(=O)(=O)c2ccc(F)cc2)cc1F. The molecule has 2 aromatic carbocycles. The van der Waals surface area contributed by atoms with E-state index in [1.807, 2.05) is 0 Å². The van der Waals surface area contributed by atoms with E-state index in [2.05, 4.69) is 4.72 Å². The van der Waals surface area contributed by atoms with Crippen LogP contribution in [0.5, 0.6) is 0 Å². The summed E-state index contributed by atoms with van der Waals surface area (Å²) in [5, 5.41) is 8.68. The van der Waals surface area contributed by atoms with E-state index < -0.39 is 33.2 Å². The van der Waals surface area contributed by atoms with E-state index in [0.717, 1.165) is 42.5 Å². The summed E-state index contributed by atoms with van der Waals surface area (Å²) in [6, 6.07) is 6.88. The largest absolute Gasteiger partial charge is 0.478 e. The van der Waals surface area contributed by atoms with Crippen molar-refractivity contribution in [2.45, 2.75) is 4.90 Å². The molecule has 0 amide bonds. The fourth-order valence-corrected chi connectivity index (χ4v) is 2.63. The first-order valence-corrected chi connectivity index (χ1v) is 7.09. The average Bonchev–Trinajstić information content (AvgIpc) is 2.38. The highest BCUT2D eigenvalue weighted by atomic mass is 32.2. The van der Waals surface area contributed by atoms with Crippen LogP contribution in [-0.4, -0.2) is 19.5 Å². The standard InChI is InChI=1S/C13H9F2NO4S/c14-8-1-4-10(5-2-8)21(19,20)16-9-3-6-11(13(17)18)12(15)7-9/h1-7,16H,(H,17,18). The highest BCUT2D eigenvalue weighted by Gasteiger charge is 2.16. The van der Waals surface area contributed by atoms with Crippen LogP contribution in [-0.2, 0) is 10.0 Å². The van der Waals surface area contributed by atoms with Crippen molar-refractivity contribution in [1.29, 1.82) is 0 Å². The zero-order chi connectivity index (χ0) is 15.6. The number of aromatic carboxylic acids is 1. The second-order valence-electron chi connectivity index (χ2n) is 4.06. The zero-order valence-electron chi connectivity index (χ0n) is 10.4. The van der Waals surface area contributed by atoms with Crippen LogP contribution in [0.4, 0.5) is 14.5 Å². The molecular weight excluding hydrogens is 304 g/mol. The Morgan fingerprint density at radius 1 is 1.05 bits per heavy atom. The second kappa shape index (κ2) is 5.49. The van der Waals surface area contributed by atoms with Crippen LogP contribution in [0, 0.1) is 11.6 Å². The fraction of sp³-hybridized carbons (Fsp3) is 0. The third-order valence-corrected chi connectivity index (χ3v) is 3.97. The summed E-state index contributed by atoms with van der Waals surface area (Å²) in [5.74, 6) is -3.12. The van der Waals surface area contributed by atoms with E-state index in [1.165, 1.54) is 0 Å². The molecule has 2 rings (SSSR count). The third-order valence-electron chi connectivity index (χ3n) is 2.58. The smallest absolute Gasteiger partial charge is 0.338 e. The molecule has 0 radical (unpaired) electrons. The summed E-state index contributed by atoms with van der Waals surface area (Å²) >= 11 is 0. The molecule has 0 unspecified atom stereocenters. The van der Waals surface area contributed by atoms with E-state index in [0.29, 0.717) is 0 Å². The van der Waals surface area contributed by atoms with E-state index in [1.54, 1.807) is 0 Å². The number of rotatable bonds is 4. The van der Waals surface area contributed by atoms with Crippen molar-refractivity contribution in [1.82, 2.24) is 0 Å². The van der Waals surface area contributed by atoms with Crippen LogP contribution in [0.15, 0.2) is 47.4 Å². The average molecular weight is 313 g/mol. The van der Waals surface area contributed by atoms with Crippen LogP contribution in [0.1, 0.15) is 10.4 Å². The molecule has 0 aromatic heterocycles. The molecular formula is C13H9F2NO4S. The second-order valence-corrected chi connectivity index (χ2v) is 5.74. The Morgan fingerprint density at radius 2 is 1.67 bits per heavy atom. The van der Waals surface area contributed by atoms with E-state index in [-0.39, 0.29) is 10.6 Å². The number of sulfonamides is 1. The number of carbonyl (C=O) groups is 1. The van der Waals surface area contributed by atoms with Gasteiger partial charge in [0.05, 0.1) is 16.1 Å². The van der Waals surface area contributed by atoms with Gasteiger partial charge in [-0.05, 0) is 42.5 Å². The Kier molecular flexibility index (Phi) is 3.90. The van der Waals surface area contributed by atoms with Gasteiger partial charge in [-0.1, -0.05) is 0 Å². The number of hydrogen-bond acceptors (Lipinski definition) is 3. The molecule has 0 aliphatic carbocycles. The minimum atomic E-state index is -4.01. The molecule has 0 bridgehead atoms. The molecule has 0 saturated heterocycles. The number of anilines is 1. The molecule has 21 heavy (non-hydrogen) atoms. The van der Waals surface area contributed by atoms with Crippen LogP contribution in [0.2, 0.25) is 0 Å². The van der Waals surface area contributed by atoms with Crippen molar-refractivity contribution in [3.05, 3.63) is 59.7 Å². The summed E-state index contributed by atoms with van der Waals surface area (Å²) in [6.45, 7) is 0. The lowest BCUT2D eigenvalue weighted by Gasteiger charge is -2.08. The van der Waals surface area contributed by atoms with Crippen LogP contribution < -0.4 is 4.72 Å². The van der Waals surface area contributed by atoms with Gasteiger partial charge >= 0.3 is 5.97 Å². The molecule has 2 aromatic rings. The van der Waals surface area contributed by atoms with Crippen molar-refractivity contribution in [2.75, 3.05) is 4.72 Å². The predicted octanol–water partition coefficient (Wildman–Crippen LogP) is 2.46. The molecule has 0 heterocycles. The van der Waals surface area contributed by atoms with Crippen molar-refractivity contribution in [3.63, 3.8) is 0 Å². The molecule has 0 spiro atoms. The number of carboxylic acids is 1. The van der Waals surface area contributed by atoms with Gasteiger partial charge in [0.15, 0.2) is 0 Å². The van der Waals surface area contributed by atoms with Crippen molar-refractivity contribution >= 4 is 21.7 Å². The van der Waals surface area contributed by atoms with Gasteiger partial charge in [-0.25, -0.2) is 22.0 Å². The molecule has 0 aliphatic rings. The molecule has 0 atom stereocenters. The van der Waals surface area contributed by atoms with E-state index in [9.17, 15) is 22.0 Å². The molecule has 0 saturated carbocycles. The van der Waals surface area contributed by atoms with Gasteiger partial charge in [0, 0.05) is 0 Å². The maximum atomic E-state index is 13.5. The summed E-state index contributed by atoms with van der Waals surface area (Å²) in [7, 11) is -4.01. The topological polar surface area (TPSA) is 83.5 Å². The summed E-state index contributed by atoms with van der Waals surface area (Å²) < 4.78 is 52.2. The Morgan fingerprint density at radius 3 is 2.19 bits per heavy atom. The monoisotopic (exact) mass is 313 g/mol. The van der Waals surface area contributed by atoms with Crippen molar-refractivity contribution < 1.29 is 27.1 Å². The quantitative estimate of drug-likeness (QED) is 0.908.